The van der Waals surface area contributed by atoms with Gasteiger partial charge in [0.15, 0.2) is 0 Å². The molecule has 2 N–H and O–H groups in total. The number of hydrogen-bond acceptors (Lipinski definition) is 6. The summed E-state index contributed by atoms with van der Waals surface area (Å²) < 4.78 is 10.2. The van der Waals surface area contributed by atoms with E-state index in [1.165, 1.54) is 0 Å². The summed E-state index contributed by atoms with van der Waals surface area (Å²) >= 11 is 0. The van der Waals surface area contributed by atoms with Crippen molar-refractivity contribution >= 4 is 11.9 Å². The van der Waals surface area contributed by atoms with Crippen LogP contribution in [0.2, 0.25) is 0 Å². The van der Waals surface area contributed by atoms with Gasteiger partial charge >= 0.3 is 11.9 Å². The van der Waals surface area contributed by atoms with E-state index in [0.717, 1.165) is 38.5 Å². The monoisotopic (exact) mass is 388 g/mol. The molecule has 0 amide bonds. The van der Waals surface area contributed by atoms with Crippen molar-refractivity contribution in [3.05, 3.63) is 0 Å². The van der Waals surface area contributed by atoms with E-state index in [9.17, 15) is 19.8 Å². The zero-order valence-corrected chi connectivity index (χ0v) is 17.3. The summed E-state index contributed by atoms with van der Waals surface area (Å²) in [7, 11) is 0. The minimum Gasteiger partial charge on any atom is -0.466 e. The summed E-state index contributed by atoms with van der Waals surface area (Å²) in [6.45, 7) is 4.80. The van der Waals surface area contributed by atoms with Crippen molar-refractivity contribution in [2.45, 2.75) is 110 Å². The molecular formula is C21H40O6. The van der Waals surface area contributed by atoms with Gasteiger partial charge in [-0.05, 0) is 44.9 Å². The number of aliphatic hydroxyl groups is 2. The fraction of sp³-hybridized carbons (Fsp3) is 0.905. The third-order valence-electron chi connectivity index (χ3n) is 4.43. The fourth-order valence-electron chi connectivity index (χ4n) is 2.70. The highest BCUT2D eigenvalue weighted by Crippen LogP contribution is 2.08. The number of esters is 2. The molecule has 6 heteroatoms. The maximum absolute atomic E-state index is 11.6. The summed E-state index contributed by atoms with van der Waals surface area (Å²) in [6, 6.07) is 0. The van der Waals surface area contributed by atoms with Gasteiger partial charge in [0.2, 0.25) is 0 Å². The molecule has 2 unspecified atom stereocenters. The first-order valence-corrected chi connectivity index (χ1v) is 10.7. The lowest BCUT2D eigenvalue weighted by molar-refractivity contribution is -0.145. The number of rotatable bonds is 18. The van der Waals surface area contributed by atoms with Gasteiger partial charge in [-0.15, -0.1) is 0 Å². The lowest BCUT2D eigenvalue weighted by atomic mass is 10.1. The van der Waals surface area contributed by atoms with Crippen LogP contribution >= 0.6 is 0 Å². The average molecular weight is 389 g/mol. The standard InChI is InChI=1S/C21H40O6/c1-3-5-10-18(22)12-8-16-26-20(24)14-7-15-21(25)27-17-9-13-19(23)11-6-4-2/h18-19,22-23H,3-17H2,1-2H3. The number of aliphatic hydroxyl groups excluding tert-OH is 2. The van der Waals surface area contributed by atoms with Gasteiger partial charge in [-0.2, -0.15) is 0 Å². The van der Waals surface area contributed by atoms with Gasteiger partial charge in [0, 0.05) is 12.8 Å². The van der Waals surface area contributed by atoms with Crippen molar-refractivity contribution < 1.29 is 29.3 Å². The van der Waals surface area contributed by atoms with Crippen molar-refractivity contribution in [1.29, 1.82) is 0 Å². The normalized spacial score (nSPS) is 13.2. The van der Waals surface area contributed by atoms with E-state index in [1.54, 1.807) is 0 Å². The molecule has 0 saturated carbocycles. The number of hydrogen-bond donors (Lipinski definition) is 2. The molecule has 0 spiro atoms. The first kappa shape index (κ1) is 25.9. The first-order chi connectivity index (χ1) is 13.0. The van der Waals surface area contributed by atoms with Crippen LogP contribution in [0.1, 0.15) is 97.3 Å². The topological polar surface area (TPSA) is 93.1 Å². The van der Waals surface area contributed by atoms with Crippen LogP contribution in [0.5, 0.6) is 0 Å². The first-order valence-electron chi connectivity index (χ1n) is 10.7. The van der Waals surface area contributed by atoms with Crippen LogP contribution < -0.4 is 0 Å². The molecule has 0 radical (unpaired) electrons. The second-order valence-electron chi connectivity index (χ2n) is 7.17. The third-order valence-corrected chi connectivity index (χ3v) is 4.43. The summed E-state index contributed by atoms with van der Waals surface area (Å²) in [5.74, 6) is -0.630. The molecule has 0 aliphatic heterocycles. The molecule has 2 atom stereocenters. The second-order valence-corrected chi connectivity index (χ2v) is 7.17. The molecule has 0 saturated heterocycles. The third kappa shape index (κ3) is 18.0. The van der Waals surface area contributed by atoms with Crippen molar-refractivity contribution in [2.75, 3.05) is 13.2 Å². The number of ether oxygens (including phenoxy) is 2. The minimum atomic E-state index is -0.315. The van der Waals surface area contributed by atoms with Gasteiger partial charge in [0.25, 0.3) is 0 Å². The van der Waals surface area contributed by atoms with Gasteiger partial charge in [-0.3, -0.25) is 9.59 Å². The van der Waals surface area contributed by atoms with Gasteiger partial charge in [-0.1, -0.05) is 39.5 Å². The maximum atomic E-state index is 11.6. The second kappa shape index (κ2) is 18.2. The highest BCUT2D eigenvalue weighted by molar-refractivity contribution is 5.72. The van der Waals surface area contributed by atoms with E-state index in [-0.39, 0.29) is 37.0 Å². The smallest absolute Gasteiger partial charge is 0.305 e. The van der Waals surface area contributed by atoms with E-state index < -0.39 is 0 Å². The van der Waals surface area contributed by atoms with E-state index >= 15 is 0 Å². The Kier molecular flexibility index (Phi) is 17.5. The molecule has 0 heterocycles. The Morgan fingerprint density at radius 3 is 1.41 bits per heavy atom. The van der Waals surface area contributed by atoms with Crippen molar-refractivity contribution in [1.82, 2.24) is 0 Å². The lowest BCUT2D eigenvalue weighted by Crippen LogP contribution is -2.12. The maximum Gasteiger partial charge on any atom is 0.305 e. The summed E-state index contributed by atoms with van der Waals surface area (Å²) in [5.41, 5.74) is 0. The van der Waals surface area contributed by atoms with Gasteiger partial charge in [-0.25, -0.2) is 0 Å². The minimum absolute atomic E-state index is 0.198. The van der Waals surface area contributed by atoms with Crippen LogP contribution in [0.15, 0.2) is 0 Å². The molecule has 0 rings (SSSR count). The predicted molar refractivity (Wildman–Crippen MR) is 105 cm³/mol. The van der Waals surface area contributed by atoms with Crippen LogP contribution in [-0.2, 0) is 19.1 Å². The van der Waals surface area contributed by atoms with Crippen LogP contribution in [0.3, 0.4) is 0 Å². The molecule has 0 aromatic carbocycles. The number of carbonyl (C=O) groups excluding carboxylic acids is 2. The zero-order valence-electron chi connectivity index (χ0n) is 17.3. The van der Waals surface area contributed by atoms with Crippen LogP contribution in [0.4, 0.5) is 0 Å². The summed E-state index contributed by atoms with van der Waals surface area (Å²) in [4.78, 5) is 23.2. The van der Waals surface area contributed by atoms with Gasteiger partial charge in [0.1, 0.15) is 0 Å². The van der Waals surface area contributed by atoms with E-state index in [4.69, 9.17) is 9.47 Å². The van der Waals surface area contributed by atoms with Gasteiger partial charge in [0.05, 0.1) is 25.4 Å². The largest absolute Gasteiger partial charge is 0.466 e. The Morgan fingerprint density at radius 2 is 1.04 bits per heavy atom. The zero-order chi connectivity index (χ0) is 20.3. The Hall–Kier alpha value is -1.14. The molecule has 160 valence electrons. The quantitative estimate of drug-likeness (QED) is 0.273. The molecule has 0 aromatic rings. The number of unbranched alkanes of at least 4 members (excludes halogenated alkanes) is 2. The van der Waals surface area contributed by atoms with Crippen LogP contribution in [0.25, 0.3) is 0 Å². The Balaban J connectivity index is 3.50. The fourth-order valence-corrected chi connectivity index (χ4v) is 2.70. The average Bonchev–Trinajstić information content (AvgIpc) is 2.65. The Morgan fingerprint density at radius 1 is 0.667 bits per heavy atom. The summed E-state index contributed by atoms with van der Waals surface area (Å²) in [5, 5.41) is 19.4. The molecule has 27 heavy (non-hydrogen) atoms. The van der Waals surface area contributed by atoms with E-state index in [2.05, 4.69) is 13.8 Å². The highest BCUT2D eigenvalue weighted by Gasteiger charge is 2.09. The highest BCUT2D eigenvalue weighted by atomic mass is 16.5. The lowest BCUT2D eigenvalue weighted by Gasteiger charge is -2.10. The number of carbonyl (C=O) groups is 2. The molecular weight excluding hydrogens is 348 g/mol. The van der Waals surface area contributed by atoms with Gasteiger partial charge < -0.3 is 19.7 Å². The Bertz CT molecular complexity index is 338. The molecule has 6 nitrogen and oxygen atoms in total. The predicted octanol–water partition coefficient (Wildman–Crippen LogP) is 3.91. The van der Waals surface area contributed by atoms with E-state index in [0.29, 0.717) is 45.3 Å². The molecule has 0 aliphatic rings. The van der Waals surface area contributed by atoms with Crippen LogP contribution in [0, 0.1) is 0 Å². The SMILES string of the molecule is CCCCC(O)CCCOC(=O)CCCC(=O)OCCCC(O)CCCC. The molecule has 0 aromatic heterocycles. The molecule has 0 fully saturated rings. The molecule has 0 aliphatic carbocycles. The Labute approximate surface area is 164 Å². The van der Waals surface area contributed by atoms with Crippen molar-refractivity contribution in [3.63, 3.8) is 0 Å². The van der Waals surface area contributed by atoms with E-state index in [1.807, 2.05) is 0 Å². The summed E-state index contributed by atoms with van der Waals surface area (Å²) in [6.07, 6.45) is 8.53. The molecule has 0 bridgehead atoms. The van der Waals surface area contributed by atoms with Crippen molar-refractivity contribution in [2.24, 2.45) is 0 Å². The van der Waals surface area contributed by atoms with Crippen molar-refractivity contribution in [3.8, 4) is 0 Å². The van der Waals surface area contributed by atoms with Crippen LogP contribution in [-0.4, -0.2) is 47.6 Å².